The lowest BCUT2D eigenvalue weighted by molar-refractivity contribution is -0.268. The Labute approximate surface area is 103 Å². The molecule has 0 aromatic carbocycles. The Morgan fingerprint density at radius 1 is 1.29 bits per heavy atom. The van der Waals surface area contributed by atoms with Gasteiger partial charge in [0.2, 0.25) is 0 Å². The molecule has 0 aliphatic rings. The van der Waals surface area contributed by atoms with E-state index in [1.165, 1.54) is 0 Å². The summed E-state index contributed by atoms with van der Waals surface area (Å²) < 4.78 is 0. The topological polar surface area (TPSA) is 76.0 Å². The van der Waals surface area contributed by atoms with Crippen LogP contribution < -0.4 is 0 Å². The van der Waals surface area contributed by atoms with Gasteiger partial charge in [-0.15, -0.1) is 0 Å². The fourth-order valence-corrected chi connectivity index (χ4v) is 0.300. The minimum absolute atomic E-state index is 0.0451. The second-order valence-electron chi connectivity index (χ2n) is 4.45. The monoisotopic (exact) mass is 248 g/mol. The Balaban J connectivity index is 0. The van der Waals surface area contributed by atoms with Crippen molar-refractivity contribution in [3.63, 3.8) is 0 Å². The second kappa shape index (κ2) is 10.3. The molecule has 0 heterocycles. The minimum Gasteiger partial charge on any atom is -0.396 e. The number of carbonyl (C=O) groups excluding carboxylic acids is 1. The molecule has 0 aromatic heterocycles. The van der Waals surface area contributed by atoms with E-state index in [-0.39, 0.29) is 18.6 Å². The molecule has 0 radical (unpaired) electrons. The number of hydrogen-bond donors (Lipinski definition) is 2. The lowest BCUT2D eigenvalue weighted by Gasteiger charge is -2.16. The number of aliphatic hydroxyl groups is 2. The van der Waals surface area contributed by atoms with Gasteiger partial charge >= 0.3 is 5.97 Å². The van der Waals surface area contributed by atoms with Crippen molar-refractivity contribution in [2.75, 3.05) is 19.8 Å². The van der Waals surface area contributed by atoms with Crippen LogP contribution in [0, 0.1) is 5.41 Å². The maximum absolute atomic E-state index is 10.6. The third-order valence-electron chi connectivity index (χ3n) is 1.63. The summed E-state index contributed by atoms with van der Waals surface area (Å²) in [6.07, 6.45) is 0.823. The molecule has 0 rings (SSSR count). The highest BCUT2D eigenvalue weighted by Crippen LogP contribution is 2.10. The van der Waals surface area contributed by atoms with Gasteiger partial charge in [-0.3, -0.25) is 4.89 Å². The van der Waals surface area contributed by atoms with E-state index in [1.807, 2.05) is 6.92 Å². The zero-order chi connectivity index (χ0) is 13.9. The summed E-state index contributed by atoms with van der Waals surface area (Å²) in [7, 11) is 0. The number of carbonyl (C=O) groups is 1. The number of hydrogen-bond acceptors (Lipinski definition) is 5. The third kappa shape index (κ3) is 13.0. The first-order valence-corrected chi connectivity index (χ1v) is 5.51. The van der Waals surface area contributed by atoms with Crippen LogP contribution in [0.25, 0.3) is 0 Å². The van der Waals surface area contributed by atoms with Gasteiger partial charge in [0.15, 0.2) is 0 Å². The largest absolute Gasteiger partial charge is 0.396 e. The van der Waals surface area contributed by atoms with Crippen LogP contribution in [0.4, 0.5) is 0 Å². The standard InChI is InChI=1S/C7H12O3.C5H12O2/c1-4-5-9-10-7(8)6(2)3;1-5(2,3-6)4-7/h2,4-5H2,1,3H3;6-7H,3-4H2,1-2H3. The van der Waals surface area contributed by atoms with Crippen LogP contribution in [-0.2, 0) is 14.6 Å². The van der Waals surface area contributed by atoms with Crippen LogP contribution in [-0.4, -0.2) is 36.0 Å². The second-order valence-corrected chi connectivity index (χ2v) is 4.45. The predicted octanol–water partition coefficient (Wildman–Crippen LogP) is 1.44. The van der Waals surface area contributed by atoms with Crippen LogP contribution in [0.2, 0.25) is 0 Å². The van der Waals surface area contributed by atoms with E-state index in [1.54, 1.807) is 20.8 Å². The van der Waals surface area contributed by atoms with Crippen molar-refractivity contribution < 1.29 is 24.8 Å². The van der Waals surface area contributed by atoms with Crippen LogP contribution in [0.1, 0.15) is 34.1 Å². The molecule has 102 valence electrons. The predicted molar refractivity (Wildman–Crippen MR) is 65.1 cm³/mol. The molecule has 2 N–H and O–H groups in total. The van der Waals surface area contributed by atoms with Crippen molar-refractivity contribution in [2.24, 2.45) is 5.41 Å². The Morgan fingerprint density at radius 2 is 1.76 bits per heavy atom. The smallest absolute Gasteiger partial charge is 0.368 e. The van der Waals surface area contributed by atoms with Gasteiger partial charge in [-0.05, 0) is 13.3 Å². The molecule has 0 bridgehead atoms. The molecule has 0 fully saturated rings. The van der Waals surface area contributed by atoms with Gasteiger partial charge in [0, 0.05) is 11.0 Å². The Kier molecular flexibility index (Phi) is 11.1. The zero-order valence-corrected chi connectivity index (χ0v) is 11.2. The molecule has 0 spiro atoms. The summed E-state index contributed by atoms with van der Waals surface area (Å²) in [6.45, 7) is 11.0. The average Bonchev–Trinajstić information content (AvgIpc) is 2.30. The SMILES string of the molecule is C=C(C)C(=O)OOCCC.CC(C)(CO)CO. The van der Waals surface area contributed by atoms with Gasteiger partial charge in [0.1, 0.15) is 0 Å². The quantitative estimate of drug-likeness (QED) is 0.322. The van der Waals surface area contributed by atoms with E-state index < -0.39 is 5.97 Å². The van der Waals surface area contributed by atoms with Gasteiger partial charge in [-0.25, -0.2) is 4.79 Å². The van der Waals surface area contributed by atoms with Gasteiger partial charge in [0.05, 0.1) is 19.8 Å². The molecule has 0 saturated carbocycles. The highest BCUT2D eigenvalue weighted by atomic mass is 17.2. The molecule has 0 amide bonds. The lowest BCUT2D eigenvalue weighted by atomic mass is 9.97. The molecule has 0 atom stereocenters. The van der Waals surface area contributed by atoms with E-state index in [9.17, 15) is 4.79 Å². The maximum Gasteiger partial charge on any atom is 0.368 e. The van der Waals surface area contributed by atoms with E-state index in [4.69, 9.17) is 10.2 Å². The zero-order valence-electron chi connectivity index (χ0n) is 11.2. The summed E-state index contributed by atoms with van der Waals surface area (Å²) in [5.74, 6) is -0.506. The summed E-state index contributed by atoms with van der Waals surface area (Å²) in [5, 5.41) is 16.9. The Bertz CT molecular complexity index is 217. The van der Waals surface area contributed by atoms with Crippen molar-refractivity contribution in [1.29, 1.82) is 0 Å². The fourth-order valence-electron chi connectivity index (χ4n) is 0.300. The Morgan fingerprint density at radius 3 is 2.00 bits per heavy atom. The molecule has 17 heavy (non-hydrogen) atoms. The van der Waals surface area contributed by atoms with Gasteiger partial charge in [-0.1, -0.05) is 27.4 Å². The molecule has 0 aromatic rings. The Hall–Kier alpha value is -0.910. The van der Waals surface area contributed by atoms with E-state index in [0.29, 0.717) is 12.2 Å². The van der Waals surface area contributed by atoms with E-state index >= 15 is 0 Å². The number of rotatable bonds is 6. The fraction of sp³-hybridized carbons (Fsp3) is 0.750. The van der Waals surface area contributed by atoms with Crippen molar-refractivity contribution >= 4 is 5.97 Å². The van der Waals surface area contributed by atoms with E-state index in [0.717, 1.165) is 6.42 Å². The highest BCUT2D eigenvalue weighted by molar-refractivity contribution is 5.86. The third-order valence-corrected chi connectivity index (χ3v) is 1.63. The minimum atomic E-state index is -0.506. The average molecular weight is 248 g/mol. The summed E-state index contributed by atoms with van der Waals surface area (Å²) in [5.41, 5.74) is 0.0381. The van der Waals surface area contributed by atoms with Gasteiger partial charge < -0.3 is 10.2 Å². The first-order valence-electron chi connectivity index (χ1n) is 5.51. The number of aliphatic hydroxyl groups excluding tert-OH is 2. The molecule has 5 nitrogen and oxygen atoms in total. The summed E-state index contributed by atoms with van der Waals surface area (Å²) in [4.78, 5) is 19.4. The highest BCUT2D eigenvalue weighted by Gasteiger charge is 2.13. The lowest BCUT2D eigenvalue weighted by Crippen LogP contribution is -2.20. The molecule has 0 saturated heterocycles. The van der Waals surface area contributed by atoms with Gasteiger partial charge in [0.25, 0.3) is 0 Å². The molecular weight excluding hydrogens is 224 g/mol. The van der Waals surface area contributed by atoms with Crippen molar-refractivity contribution in [3.05, 3.63) is 12.2 Å². The maximum atomic E-state index is 10.6. The first kappa shape index (κ1) is 18.5. The van der Waals surface area contributed by atoms with Crippen LogP contribution in [0.3, 0.4) is 0 Å². The van der Waals surface area contributed by atoms with E-state index in [2.05, 4.69) is 16.4 Å². The van der Waals surface area contributed by atoms with Crippen molar-refractivity contribution in [1.82, 2.24) is 0 Å². The first-order chi connectivity index (χ1) is 7.80. The van der Waals surface area contributed by atoms with Crippen LogP contribution in [0.15, 0.2) is 12.2 Å². The molecular formula is C12H24O5. The summed E-state index contributed by atoms with van der Waals surface area (Å²) >= 11 is 0. The molecule has 0 aliphatic carbocycles. The van der Waals surface area contributed by atoms with Crippen molar-refractivity contribution in [3.8, 4) is 0 Å². The van der Waals surface area contributed by atoms with Gasteiger partial charge in [-0.2, -0.15) is 4.89 Å². The van der Waals surface area contributed by atoms with Crippen LogP contribution >= 0.6 is 0 Å². The molecule has 5 heteroatoms. The van der Waals surface area contributed by atoms with Crippen LogP contribution in [0.5, 0.6) is 0 Å². The molecule has 0 unspecified atom stereocenters. The normalized spacial score (nSPS) is 10.2. The summed E-state index contributed by atoms with van der Waals surface area (Å²) in [6, 6.07) is 0. The molecule has 0 aliphatic heterocycles. The van der Waals surface area contributed by atoms with Crippen molar-refractivity contribution in [2.45, 2.75) is 34.1 Å².